The zero-order valence-electron chi connectivity index (χ0n) is 43.1. The van der Waals surface area contributed by atoms with Crippen LogP contribution in [0.4, 0.5) is 0 Å². The molecule has 0 aromatic rings. The minimum absolute atomic E-state index is 0.206. The Balaban J connectivity index is 2.27. The Hall–Kier alpha value is -2.69. The summed E-state index contributed by atoms with van der Waals surface area (Å²) < 4.78 is 27.4. The molecule has 0 radical (unpaired) electrons. The highest BCUT2D eigenvalue weighted by Gasteiger charge is 2.46. The second-order valence-electron chi connectivity index (χ2n) is 19.2. The van der Waals surface area contributed by atoms with E-state index >= 15 is 0 Å². The van der Waals surface area contributed by atoms with Gasteiger partial charge >= 0.3 is 7.82 Å². The lowest BCUT2D eigenvalue weighted by Gasteiger charge is -2.39. The average Bonchev–Trinajstić information content (AvgIpc) is 3.23. The minimum Gasteiger partial charge on any atom is -0.394 e. The normalized spacial score (nSPS) is 22.2. The van der Waals surface area contributed by atoms with E-state index in [1.54, 1.807) is 6.08 Å². The molecule has 1 aliphatic rings. The van der Waals surface area contributed by atoms with E-state index < -0.39 is 45.1 Å². The summed E-state index contributed by atoms with van der Waals surface area (Å²) in [5.74, 6) is 0. The molecule has 1 saturated heterocycles. The maximum atomic E-state index is 12.4. The average molecular weight is 941 g/mol. The van der Waals surface area contributed by atoms with Gasteiger partial charge in [-0.05, 0) is 192 Å². The van der Waals surface area contributed by atoms with Gasteiger partial charge in [0.1, 0.15) is 24.4 Å². The van der Waals surface area contributed by atoms with Crippen molar-refractivity contribution in [1.82, 2.24) is 0 Å². The molecule has 0 bridgehead atoms. The summed E-state index contributed by atoms with van der Waals surface area (Å²) in [5, 5.41) is 39.1. The second kappa shape index (κ2) is 35.4. The number of allylic oxidation sites excluding steroid dienone is 19. The van der Waals surface area contributed by atoms with Gasteiger partial charge in [-0.25, -0.2) is 4.57 Å². The Morgan fingerprint density at radius 3 is 0.985 bits per heavy atom. The fourth-order valence-corrected chi connectivity index (χ4v) is 8.23. The molecule has 5 N–H and O–H groups in total. The zero-order valence-corrected chi connectivity index (χ0v) is 44.0. The summed E-state index contributed by atoms with van der Waals surface area (Å²) >= 11 is 0. The van der Waals surface area contributed by atoms with E-state index in [9.17, 15) is 29.9 Å². The molecule has 66 heavy (non-hydrogen) atoms. The summed E-state index contributed by atoms with van der Waals surface area (Å²) in [5.41, 5.74) is 14.1. The predicted molar refractivity (Wildman–Crippen MR) is 277 cm³/mol. The summed E-state index contributed by atoms with van der Waals surface area (Å²) in [6.07, 6.45) is 34.4. The van der Waals surface area contributed by atoms with Crippen LogP contribution in [-0.2, 0) is 18.3 Å². The summed E-state index contributed by atoms with van der Waals surface area (Å²) in [6, 6.07) is 0. The number of phosphoric acid groups is 1. The van der Waals surface area contributed by atoms with Gasteiger partial charge < -0.3 is 30.1 Å². The first-order valence-corrected chi connectivity index (χ1v) is 26.2. The van der Waals surface area contributed by atoms with Gasteiger partial charge in [-0.15, -0.1) is 0 Å². The highest BCUT2D eigenvalue weighted by atomic mass is 31.2. The quantitative estimate of drug-likeness (QED) is 0.0321. The van der Waals surface area contributed by atoms with E-state index in [-0.39, 0.29) is 6.61 Å². The first-order valence-electron chi connectivity index (χ1n) is 24.7. The zero-order chi connectivity index (χ0) is 49.5. The fraction of sp³-hybridized carbons (Fsp3) is 0.643. The van der Waals surface area contributed by atoms with Gasteiger partial charge in [0.15, 0.2) is 6.29 Å². The van der Waals surface area contributed by atoms with Gasteiger partial charge in [0.25, 0.3) is 0 Å². The molecular weight excluding hydrogens is 848 g/mol. The van der Waals surface area contributed by atoms with Crippen molar-refractivity contribution in [1.29, 1.82) is 0 Å². The second-order valence-corrected chi connectivity index (χ2v) is 20.6. The Kier molecular flexibility index (Phi) is 32.9. The van der Waals surface area contributed by atoms with E-state index in [1.165, 1.54) is 56.6 Å². The monoisotopic (exact) mass is 941 g/mol. The summed E-state index contributed by atoms with van der Waals surface area (Å²) in [4.78, 5) is 10.1. The van der Waals surface area contributed by atoms with E-state index in [4.69, 9.17) is 13.8 Å². The van der Waals surface area contributed by atoms with Gasteiger partial charge in [-0.2, -0.15) is 0 Å². The summed E-state index contributed by atoms with van der Waals surface area (Å²) in [7, 11) is -4.67. The van der Waals surface area contributed by atoms with Gasteiger partial charge in [0.05, 0.1) is 13.2 Å². The van der Waals surface area contributed by atoms with Gasteiger partial charge in [0, 0.05) is 0 Å². The number of ether oxygens (including phenoxy) is 1. The molecule has 0 spiro atoms. The van der Waals surface area contributed by atoms with Crippen LogP contribution in [0.2, 0.25) is 0 Å². The Morgan fingerprint density at radius 1 is 0.439 bits per heavy atom. The minimum atomic E-state index is -4.67. The Labute approximate surface area is 402 Å². The van der Waals surface area contributed by atoms with Crippen molar-refractivity contribution in [3.8, 4) is 0 Å². The number of aliphatic hydroxyl groups is 4. The fourth-order valence-electron chi connectivity index (χ4n) is 7.47. The lowest BCUT2D eigenvalue weighted by atomic mass is 10.00. The molecule has 0 saturated carbocycles. The number of rotatable bonds is 33. The van der Waals surface area contributed by atoms with E-state index in [0.717, 1.165) is 115 Å². The van der Waals surface area contributed by atoms with Crippen molar-refractivity contribution < 1.29 is 43.7 Å². The number of phosphoric ester groups is 1. The maximum Gasteiger partial charge on any atom is 0.474 e. The molecule has 10 heteroatoms. The van der Waals surface area contributed by atoms with Gasteiger partial charge in [-0.3, -0.25) is 9.05 Å². The van der Waals surface area contributed by atoms with Crippen molar-refractivity contribution in [2.24, 2.45) is 0 Å². The predicted octanol–water partition coefficient (Wildman–Crippen LogP) is 14.4. The van der Waals surface area contributed by atoms with E-state index in [2.05, 4.69) is 124 Å². The molecular formula is C56H93O9P. The number of aliphatic hydroxyl groups excluding tert-OH is 4. The van der Waals surface area contributed by atoms with Crippen LogP contribution in [0.3, 0.4) is 0 Å². The van der Waals surface area contributed by atoms with Gasteiger partial charge in [-0.1, -0.05) is 116 Å². The SMILES string of the molecule is CC(C)=CCC/C(C)=C/CC/C(C)=C\CC/C(C)=C\CC/C(C)=C\CC/C(C)=C\CC/C(C)=C\CC/C(C)=C\CC/C(C)=C\CC/C(C)=C\COP(=O)(O)O[C@@H]1O[C@H](CO)[C@@H](O)[C@H](O)[C@@H]1O. The molecule has 6 atom stereocenters. The first kappa shape index (κ1) is 61.3. The van der Waals surface area contributed by atoms with Gasteiger partial charge in [0.2, 0.25) is 0 Å². The molecule has 0 aliphatic carbocycles. The molecule has 0 amide bonds. The Morgan fingerprint density at radius 2 is 0.712 bits per heavy atom. The molecule has 0 aromatic carbocycles. The third-order valence-corrected chi connectivity index (χ3v) is 13.0. The third kappa shape index (κ3) is 30.6. The molecule has 1 unspecified atom stereocenters. The van der Waals surface area contributed by atoms with Crippen LogP contribution in [0.1, 0.15) is 192 Å². The van der Waals surface area contributed by atoms with E-state index in [1.807, 2.05) is 6.92 Å². The van der Waals surface area contributed by atoms with Crippen molar-refractivity contribution in [3.05, 3.63) is 116 Å². The maximum absolute atomic E-state index is 12.4. The number of hydrogen-bond acceptors (Lipinski definition) is 8. The van der Waals surface area contributed by atoms with Crippen molar-refractivity contribution in [2.75, 3.05) is 13.2 Å². The largest absolute Gasteiger partial charge is 0.474 e. The molecule has 1 aliphatic heterocycles. The highest BCUT2D eigenvalue weighted by molar-refractivity contribution is 7.47. The van der Waals surface area contributed by atoms with Crippen molar-refractivity contribution >= 4 is 7.82 Å². The van der Waals surface area contributed by atoms with Crippen LogP contribution in [0.5, 0.6) is 0 Å². The molecule has 376 valence electrons. The highest BCUT2D eigenvalue weighted by Crippen LogP contribution is 2.46. The topological polar surface area (TPSA) is 146 Å². The van der Waals surface area contributed by atoms with Crippen LogP contribution in [0.25, 0.3) is 0 Å². The smallest absolute Gasteiger partial charge is 0.394 e. The van der Waals surface area contributed by atoms with Crippen molar-refractivity contribution in [3.63, 3.8) is 0 Å². The van der Waals surface area contributed by atoms with Crippen LogP contribution in [0.15, 0.2) is 116 Å². The first-order chi connectivity index (χ1) is 31.2. The van der Waals surface area contributed by atoms with Crippen LogP contribution < -0.4 is 0 Å². The summed E-state index contributed by atoms with van der Waals surface area (Å²) in [6.45, 7) is 23.4. The molecule has 0 aromatic heterocycles. The van der Waals surface area contributed by atoms with Crippen LogP contribution in [-0.4, -0.2) is 69.2 Å². The number of hydrogen-bond donors (Lipinski definition) is 5. The Bertz CT molecular complexity index is 1770. The molecule has 1 rings (SSSR count). The van der Waals surface area contributed by atoms with Crippen molar-refractivity contribution in [2.45, 2.75) is 222 Å². The standard InChI is InChI=1S/C56H93O9P/c1-42(2)21-12-22-43(3)23-13-24-44(4)25-14-26-45(5)27-15-28-46(6)29-16-30-47(7)31-17-32-48(8)33-18-34-49(9)35-19-36-50(10)37-20-38-51(11)39-40-63-66(61,62)65-56-55(60)54(59)53(58)52(41-57)64-56/h21,23,25,27,29,31,33,35,37,39,52-60H,12-20,22,24,26,28,30,32,34,36,38,40-41H2,1-11H3,(H,61,62)/b43-23+,44-25-,45-27-,46-29-,47-31-,48-33-,49-35-,50-37-,51-39-/t52-,53-,54+,55+,56+/m1/s1. The molecule has 9 nitrogen and oxygen atoms in total. The van der Waals surface area contributed by atoms with Crippen LogP contribution >= 0.6 is 7.82 Å². The third-order valence-electron chi connectivity index (χ3n) is 12.1. The van der Waals surface area contributed by atoms with E-state index in [0.29, 0.717) is 0 Å². The molecule has 1 heterocycles. The van der Waals surface area contributed by atoms with Crippen LogP contribution in [0, 0.1) is 0 Å². The molecule has 1 fully saturated rings. The lowest BCUT2D eigenvalue weighted by molar-refractivity contribution is -0.281. The lowest BCUT2D eigenvalue weighted by Crippen LogP contribution is -2.58.